The second kappa shape index (κ2) is 5.31. The molecule has 1 aromatic carbocycles. The Morgan fingerprint density at radius 2 is 2.13 bits per heavy atom. The van der Waals surface area contributed by atoms with E-state index < -0.39 is 6.09 Å². The lowest BCUT2D eigenvalue weighted by atomic mass is 10.1. The molecule has 0 spiro atoms. The molecular weight excluding hydrogens is 199 g/mol. The monoisotopic (exact) mass is 212 g/mol. The largest absolute Gasteiger partial charge is 0.453 e. The zero-order chi connectivity index (χ0) is 11.3. The van der Waals surface area contributed by atoms with Crippen LogP contribution in [0.5, 0.6) is 0 Å². The first-order valence-electron chi connectivity index (χ1n) is 4.46. The summed E-state index contributed by atoms with van der Waals surface area (Å²) in [5.74, 6) is -0.313. The summed E-state index contributed by atoms with van der Waals surface area (Å²) in [4.78, 5) is 10.8. The van der Waals surface area contributed by atoms with Gasteiger partial charge in [0.1, 0.15) is 5.82 Å². The Morgan fingerprint density at radius 3 is 2.67 bits per heavy atom. The van der Waals surface area contributed by atoms with Gasteiger partial charge in [-0.2, -0.15) is 0 Å². The number of rotatable bonds is 3. The number of carbonyl (C=O) groups is 1. The minimum absolute atomic E-state index is 0.248. The topological polar surface area (TPSA) is 64.3 Å². The van der Waals surface area contributed by atoms with Crippen LogP contribution in [-0.2, 0) is 4.74 Å². The highest BCUT2D eigenvalue weighted by molar-refractivity contribution is 5.66. The molecule has 5 heteroatoms. The summed E-state index contributed by atoms with van der Waals surface area (Å²) in [6.07, 6.45) is -0.535. The number of nitrogens with one attached hydrogen (secondary N) is 1. The van der Waals surface area contributed by atoms with Gasteiger partial charge in [-0.05, 0) is 17.7 Å². The van der Waals surface area contributed by atoms with E-state index in [0.29, 0.717) is 0 Å². The molecule has 0 radical (unpaired) electrons. The minimum Gasteiger partial charge on any atom is -0.453 e. The van der Waals surface area contributed by atoms with E-state index in [1.165, 1.54) is 19.2 Å². The van der Waals surface area contributed by atoms with Crippen LogP contribution in [0, 0.1) is 5.82 Å². The van der Waals surface area contributed by atoms with Gasteiger partial charge in [-0.15, -0.1) is 0 Å². The molecule has 0 aliphatic rings. The van der Waals surface area contributed by atoms with E-state index in [0.717, 1.165) is 5.56 Å². The van der Waals surface area contributed by atoms with Crippen LogP contribution in [-0.4, -0.2) is 19.7 Å². The first kappa shape index (κ1) is 11.5. The van der Waals surface area contributed by atoms with Gasteiger partial charge in [0.2, 0.25) is 0 Å². The molecule has 0 heterocycles. The number of hydrogen-bond acceptors (Lipinski definition) is 3. The fourth-order valence-corrected chi connectivity index (χ4v) is 1.09. The number of methoxy groups -OCH3 is 1. The van der Waals surface area contributed by atoms with Crippen LogP contribution in [0.25, 0.3) is 0 Å². The third-order valence-electron chi connectivity index (χ3n) is 1.95. The summed E-state index contributed by atoms with van der Waals surface area (Å²) in [5.41, 5.74) is 6.51. The van der Waals surface area contributed by atoms with E-state index in [2.05, 4.69) is 10.1 Å². The first-order valence-corrected chi connectivity index (χ1v) is 4.46. The summed E-state index contributed by atoms with van der Waals surface area (Å²) in [6, 6.07) is 5.45. The molecule has 82 valence electrons. The number of amides is 1. The number of carbonyl (C=O) groups excluding carboxylic acids is 1. The normalized spacial score (nSPS) is 11.9. The maximum atomic E-state index is 12.6. The van der Waals surface area contributed by atoms with Gasteiger partial charge in [0.05, 0.1) is 7.11 Å². The van der Waals surface area contributed by atoms with Gasteiger partial charge < -0.3 is 15.8 Å². The Hall–Kier alpha value is -1.62. The molecule has 0 aliphatic heterocycles. The predicted molar refractivity (Wildman–Crippen MR) is 53.7 cm³/mol. The van der Waals surface area contributed by atoms with Crippen LogP contribution in [0.1, 0.15) is 11.6 Å². The highest BCUT2D eigenvalue weighted by Crippen LogP contribution is 2.09. The summed E-state index contributed by atoms with van der Waals surface area (Å²) in [5, 5.41) is 2.47. The van der Waals surface area contributed by atoms with Gasteiger partial charge in [0.25, 0.3) is 0 Å². The molecule has 0 saturated heterocycles. The number of alkyl carbamates (subject to hydrolysis) is 1. The standard InChI is InChI=1S/C10H13FN2O2/c1-15-10(14)13-6-9(12)7-2-4-8(11)5-3-7/h2-5,9H,6,12H2,1H3,(H,13,14). The second-order valence-electron chi connectivity index (χ2n) is 3.03. The molecular formula is C10H13FN2O2. The van der Waals surface area contributed by atoms with Crippen LogP contribution < -0.4 is 11.1 Å². The third-order valence-corrected chi connectivity index (χ3v) is 1.95. The number of nitrogens with two attached hydrogens (primary N) is 1. The van der Waals surface area contributed by atoms with Crippen molar-refractivity contribution in [3.8, 4) is 0 Å². The van der Waals surface area contributed by atoms with Gasteiger partial charge in [-0.25, -0.2) is 9.18 Å². The highest BCUT2D eigenvalue weighted by Gasteiger charge is 2.07. The van der Waals surface area contributed by atoms with Crippen molar-refractivity contribution in [2.24, 2.45) is 5.73 Å². The molecule has 1 amide bonds. The molecule has 0 bridgehead atoms. The van der Waals surface area contributed by atoms with Crippen LogP contribution in [0.2, 0.25) is 0 Å². The Labute approximate surface area is 87.2 Å². The minimum atomic E-state index is -0.535. The molecule has 1 atom stereocenters. The average molecular weight is 212 g/mol. The van der Waals surface area contributed by atoms with Crippen LogP contribution in [0.15, 0.2) is 24.3 Å². The zero-order valence-electron chi connectivity index (χ0n) is 8.37. The Bertz CT molecular complexity index is 327. The van der Waals surface area contributed by atoms with E-state index in [1.807, 2.05) is 0 Å². The van der Waals surface area contributed by atoms with Crippen molar-refractivity contribution in [2.75, 3.05) is 13.7 Å². The van der Waals surface area contributed by atoms with Crippen molar-refractivity contribution in [3.05, 3.63) is 35.6 Å². The van der Waals surface area contributed by atoms with Gasteiger partial charge in [-0.3, -0.25) is 0 Å². The van der Waals surface area contributed by atoms with Crippen molar-refractivity contribution in [3.63, 3.8) is 0 Å². The Balaban J connectivity index is 2.50. The molecule has 4 nitrogen and oxygen atoms in total. The fraction of sp³-hybridized carbons (Fsp3) is 0.300. The van der Waals surface area contributed by atoms with Crippen molar-refractivity contribution >= 4 is 6.09 Å². The lowest BCUT2D eigenvalue weighted by Crippen LogP contribution is -2.31. The third kappa shape index (κ3) is 3.55. The predicted octanol–water partition coefficient (Wildman–Crippen LogP) is 1.18. The fourth-order valence-electron chi connectivity index (χ4n) is 1.09. The SMILES string of the molecule is COC(=O)NCC(N)c1ccc(F)cc1. The van der Waals surface area contributed by atoms with Gasteiger partial charge >= 0.3 is 6.09 Å². The van der Waals surface area contributed by atoms with E-state index in [-0.39, 0.29) is 18.4 Å². The maximum Gasteiger partial charge on any atom is 0.406 e. The van der Waals surface area contributed by atoms with Crippen molar-refractivity contribution in [2.45, 2.75) is 6.04 Å². The molecule has 1 unspecified atom stereocenters. The summed E-state index contributed by atoms with van der Waals surface area (Å²) >= 11 is 0. The maximum absolute atomic E-state index is 12.6. The van der Waals surface area contributed by atoms with Gasteiger partial charge in [0.15, 0.2) is 0 Å². The summed E-state index contributed by atoms with van der Waals surface area (Å²) in [6.45, 7) is 0.248. The molecule has 1 rings (SSSR count). The van der Waals surface area contributed by atoms with Crippen LogP contribution in [0.4, 0.5) is 9.18 Å². The second-order valence-corrected chi connectivity index (χ2v) is 3.03. The summed E-state index contributed by atoms with van der Waals surface area (Å²) in [7, 11) is 1.28. The Kier molecular flexibility index (Phi) is 4.05. The molecule has 3 N–H and O–H groups in total. The molecule has 0 aliphatic carbocycles. The Morgan fingerprint density at radius 1 is 1.53 bits per heavy atom. The average Bonchev–Trinajstić information content (AvgIpc) is 2.26. The summed E-state index contributed by atoms with van der Waals surface area (Å²) < 4.78 is 17.0. The van der Waals surface area contributed by atoms with Gasteiger partial charge in [0, 0.05) is 12.6 Å². The molecule has 15 heavy (non-hydrogen) atoms. The first-order chi connectivity index (χ1) is 7.13. The van der Waals surface area contributed by atoms with E-state index in [9.17, 15) is 9.18 Å². The lowest BCUT2D eigenvalue weighted by molar-refractivity contribution is 0.170. The number of benzene rings is 1. The van der Waals surface area contributed by atoms with E-state index >= 15 is 0 Å². The number of halogens is 1. The quantitative estimate of drug-likeness (QED) is 0.790. The van der Waals surface area contributed by atoms with E-state index in [4.69, 9.17) is 5.73 Å². The van der Waals surface area contributed by atoms with Crippen LogP contribution >= 0.6 is 0 Å². The molecule has 0 fully saturated rings. The number of ether oxygens (including phenoxy) is 1. The van der Waals surface area contributed by atoms with Crippen molar-refractivity contribution in [1.29, 1.82) is 0 Å². The molecule has 1 aromatic rings. The van der Waals surface area contributed by atoms with Crippen molar-refractivity contribution in [1.82, 2.24) is 5.32 Å². The van der Waals surface area contributed by atoms with Crippen LogP contribution in [0.3, 0.4) is 0 Å². The smallest absolute Gasteiger partial charge is 0.406 e. The lowest BCUT2D eigenvalue weighted by Gasteiger charge is -2.12. The van der Waals surface area contributed by atoms with Gasteiger partial charge in [-0.1, -0.05) is 12.1 Å². The van der Waals surface area contributed by atoms with E-state index in [1.54, 1.807) is 12.1 Å². The highest BCUT2D eigenvalue weighted by atomic mass is 19.1. The molecule has 0 aromatic heterocycles. The number of hydrogen-bond donors (Lipinski definition) is 2. The molecule has 0 saturated carbocycles. The zero-order valence-corrected chi connectivity index (χ0v) is 8.37. The van der Waals surface area contributed by atoms with Crippen molar-refractivity contribution < 1.29 is 13.9 Å².